The molecule has 2 bridgehead atoms. The second kappa shape index (κ2) is 5.01. The summed E-state index contributed by atoms with van der Waals surface area (Å²) in [6, 6.07) is 10.3. The molecule has 0 aromatic heterocycles. The van der Waals surface area contributed by atoms with Crippen molar-refractivity contribution in [1.82, 2.24) is 4.90 Å². The van der Waals surface area contributed by atoms with Crippen molar-refractivity contribution in [2.45, 2.75) is 33.1 Å². The molecule has 4 rings (SSSR count). The van der Waals surface area contributed by atoms with E-state index in [-0.39, 0.29) is 0 Å². The van der Waals surface area contributed by atoms with Gasteiger partial charge in [0.2, 0.25) is 0 Å². The van der Waals surface area contributed by atoms with Crippen molar-refractivity contribution in [3.63, 3.8) is 0 Å². The Morgan fingerprint density at radius 1 is 0.938 bits per heavy atom. The molecule has 3 fully saturated rings. The highest BCUT2D eigenvalue weighted by Crippen LogP contribution is 2.38. The first-order valence-corrected chi connectivity index (χ1v) is 6.42. The Morgan fingerprint density at radius 2 is 1.44 bits per heavy atom. The molecule has 1 aromatic carbocycles. The highest BCUT2D eigenvalue weighted by molar-refractivity contribution is 5.11. The normalized spacial score (nSPS) is 31.8. The van der Waals surface area contributed by atoms with E-state index in [0.717, 1.165) is 5.41 Å². The SMILES string of the molecule is CC12CCN(CC1)CC2.Cc1ccccc1. The van der Waals surface area contributed by atoms with Gasteiger partial charge in [-0.2, -0.15) is 0 Å². The molecule has 1 heteroatoms. The molecule has 0 amide bonds. The van der Waals surface area contributed by atoms with E-state index in [1.807, 2.05) is 18.2 Å². The summed E-state index contributed by atoms with van der Waals surface area (Å²) in [6.07, 6.45) is 4.35. The van der Waals surface area contributed by atoms with Gasteiger partial charge >= 0.3 is 0 Å². The van der Waals surface area contributed by atoms with Gasteiger partial charge in [-0.05, 0) is 51.2 Å². The monoisotopic (exact) mass is 217 g/mol. The molecule has 88 valence electrons. The third kappa shape index (κ3) is 3.08. The number of benzene rings is 1. The standard InChI is InChI=1S/C8H15N.C7H8/c1-8-2-5-9(6-3-8)7-4-8;1-7-5-3-2-4-6-7/h2-7H2,1H3;2-6H,1H3. The Balaban J connectivity index is 0.000000125. The quantitative estimate of drug-likeness (QED) is 0.643. The molecule has 3 saturated heterocycles. The van der Waals surface area contributed by atoms with Crippen molar-refractivity contribution in [2.75, 3.05) is 19.6 Å². The van der Waals surface area contributed by atoms with Crippen LogP contribution in [0, 0.1) is 12.3 Å². The maximum Gasteiger partial charge on any atom is -0.00135 e. The van der Waals surface area contributed by atoms with Crippen molar-refractivity contribution < 1.29 is 0 Å². The summed E-state index contributed by atoms with van der Waals surface area (Å²) in [5, 5.41) is 0. The molecule has 0 radical (unpaired) electrons. The number of nitrogens with zero attached hydrogens (tertiary/aromatic N) is 1. The van der Waals surface area contributed by atoms with Crippen LogP contribution in [-0.2, 0) is 0 Å². The van der Waals surface area contributed by atoms with Crippen LogP contribution >= 0.6 is 0 Å². The first-order valence-electron chi connectivity index (χ1n) is 6.42. The predicted molar refractivity (Wildman–Crippen MR) is 69.6 cm³/mol. The second-order valence-electron chi connectivity index (χ2n) is 5.56. The lowest BCUT2D eigenvalue weighted by atomic mass is 9.74. The molecule has 1 aromatic rings. The fourth-order valence-electron chi connectivity index (χ4n) is 2.53. The van der Waals surface area contributed by atoms with E-state index < -0.39 is 0 Å². The zero-order chi connectivity index (χ0) is 11.4. The van der Waals surface area contributed by atoms with E-state index in [1.165, 1.54) is 44.5 Å². The summed E-state index contributed by atoms with van der Waals surface area (Å²) in [6.45, 7) is 8.65. The van der Waals surface area contributed by atoms with Crippen molar-refractivity contribution in [3.8, 4) is 0 Å². The Bertz CT molecular complexity index is 296. The average Bonchev–Trinajstić information content (AvgIpc) is 2.32. The van der Waals surface area contributed by atoms with Crippen LogP contribution in [0.3, 0.4) is 0 Å². The Kier molecular flexibility index (Phi) is 3.65. The molecule has 16 heavy (non-hydrogen) atoms. The van der Waals surface area contributed by atoms with Gasteiger partial charge in [-0.15, -0.1) is 0 Å². The van der Waals surface area contributed by atoms with E-state index in [9.17, 15) is 0 Å². The van der Waals surface area contributed by atoms with Crippen LogP contribution in [0.25, 0.3) is 0 Å². The van der Waals surface area contributed by atoms with Gasteiger partial charge in [-0.25, -0.2) is 0 Å². The maximum atomic E-state index is 2.59. The van der Waals surface area contributed by atoms with Gasteiger partial charge in [0.15, 0.2) is 0 Å². The van der Waals surface area contributed by atoms with Gasteiger partial charge in [0.05, 0.1) is 0 Å². The van der Waals surface area contributed by atoms with Crippen LogP contribution in [0.4, 0.5) is 0 Å². The molecular weight excluding hydrogens is 194 g/mol. The highest BCUT2D eigenvalue weighted by atomic mass is 15.1. The second-order valence-corrected chi connectivity index (χ2v) is 5.56. The van der Waals surface area contributed by atoms with Gasteiger partial charge in [-0.3, -0.25) is 0 Å². The number of piperidine rings is 3. The summed E-state index contributed by atoms with van der Waals surface area (Å²) in [4.78, 5) is 2.59. The van der Waals surface area contributed by atoms with Gasteiger partial charge in [0.25, 0.3) is 0 Å². The minimum atomic E-state index is 0.745. The van der Waals surface area contributed by atoms with Crippen LogP contribution in [-0.4, -0.2) is 24.5 Å². The van der Waals surface area contributed by atoms with E-state index in [0.29, 0.717) is 0 Å². The summed E-state index contributed by atoms with van der Waals surface area (Å²) >= 11 is 0. The Labute approximate surface area is 99.5 Å². The number of hydrogen-bond donors (Lipinski definition) is 0. The minimum Gasteiger partial charge on any atom is -0.303 e. The van der Waals surface area contributed by atoms with E-state index in [1.54, 1.807) is 0 Å². The van der Waals surface area contributed by atoms with Gasteiger partial charge in [-0.1, -0.05) is 42.8 Å². The van der Waals surface area contributed by atoms with Gasteiger partial charge in [0, 0.05) is 0 Å². The lowest BCUT2D eigenvalue weighted by molar-refractivity contribution is 0.0405. The number of fused-ring (bicyclic) bond motifs is 3. The first-order chi connectivity index (χ1) is 7.68. The molecule has 0 spiro atoms. The molecule has 3 heterocycles. The predicted octanol–water partition coefficient (Wildman–Crippen LogP) is 3.49. The van der Waals surface area contributed by atoms with Gasteiger partial charge < -0.3 is 4.90 Å². The third-order valence-corrected chi connectivity index (χ3v) is 4.04. The van der Waals surface area contributed by atoms with Crippen molar-refractivity contribution >= 4 is 0 Å². The van der Waals surface area contributed by atoms with Crippen LogP contribution in [0.1, 0.15) is 31.7 Å². The molecule has 0 saturated carbocycles. The minimum absolute atomic E-state index is 0.745. The molecule has 1 nitrogen and oxygen atoms in total. The van der Waals surface area contributed by atoms with Crippen molar-refractivity contribution in [3.05, 3.63) is 35.9 Å². The molecular formula is C15H23N. The maximum absolute atomic E-state index is 2.59. The number of rotatable bonds is 0. The summed E-state index contributed by atoms with van der Waals surface area (Å²) in [5.74, 6) is 0. The third-order valence-electron chi connectivity index (χ3n) is 4.04. The van der Waals surface area contributed by atoms with Crippen molar-refractivity contribution in [1.29, 1.82) is 0 Å². The lowest BCUT2D eigenvalue weighted by Crippen LogP contribution is -2.46. The molecule has 3 aliphatic heterocycles. The molecule has 0 aliphatic carbocycles. The highest BCUT2D eigenvalue weighted by Gasteiger charge is 2.34. The first kappa shape index (κ1) is 11.7. The molecule has 3 aliphatic rings. The van der Waals surface area contributed by atoms with E-state index in [2.05, 4.69) is 30.9 Å². The lowest BCUT2D eigenvalue weighted by Gasteiger charge is -2.46. The van der Waals surface area contributed by atoms with Crippen LogP contribution in [0.15, 0.2) is 30.3 Å². The molecule has 0 unspecified atom stereocenters. The van der Waals surface area contributed by atoms with Crippen LogP contribution in [0.2, 0.25) is 0 Å². The van der Waals surface area contributed by atoms with E-state index in [4.69, 9.17) is 0 Å². The summed E-state index contributed by atoms with van der Waals surface area (Å²) in [7, 11) is 0. The molecule has 0 atom stereocenters. The van der Waals surface area contributed by atoms with Crippen LogP contribution in [0.5, 0.6) is 0 Å². The smallest absolute Gasteiger partial charge is 0.00135 e. The Morgan fingerprint density at radius 3 is 1.69 bits per heavy atom. The van der Waals surface area contributed by atoms with Crippen molar-refractivity contribution in [2.24, 2.45) is 5.41 Å². The number of hydrogen-bond acceptors (Lipinski definition) is 1. The zero-order valence-corrected chi connectivity index (χ0v) is 10.6. The topological polar surface area (TPSA) is 3.24 Å². The zero-order valence-electron chi connectivity index (χ0n) is 10.6. The summed E-state index contributed by atoms with van der Waals surface area (Å²) < 4.78 is 0. The number of aryl methyl sites for hydroxylation is 1. The average molecular weight is 217 g/mol. The largest absolute Gasteiger partial charge is 0.303 e. The Hall–Kier alpha value is -0.820. The van der Waals surface area contributed by atoms with Gasteiger partial charge in [0.1, 0.15) is 0 Å². The summed E-state index contributed by atoms with van der Waals surface area (Å²) in [5.41, 5.74) is 2.07. The molecule has 0 N–H and O–H groups in total. The fourth-order valence-corrected chi connectivity index (χ4v) is 2.53. The van der Waals surface area contributed by atoms with E-state index >= 15 is 0 Å². The fraction of sp³-hybridized carbons (Fsp3) is 0.600. The van der Waals surface area contributed by atoms with Crippen LogP contribution < -0.4 is 0 Å².